The Kier molecular flexibility index (Phi) is 2.67. The topological polar surface area (TPSA) is 38.8 Å². The van der Waals surface area contributed by atoms with Gasteiger partial charge in [-0.05, 0) is 19.3 Å². The third-order valence-electron chi connectivity index (χ3n) is 3.38. The van der Waals surface area contributed by atoms with Crippen molar-refractivity contribution in [2.45, 2.75) is 25.4 Å². The molecule has 2 fully saturated rings. The Labute approximate surface area is 101 Å². The van der Waals surface area contributed by atoms with Gasteiger partial charge < -0.3 is 14.7 Å². The van der Waals surface area contributed by atoms with Crippen molar-refractivity contribution in [3.8, 4) is 0 Å². The van der Waals surface area contributed by atoms with E-state index < -0.39 is 0 Å². The average molecular weight is 230 g/mol. The summed E-state index contributed by atoms with van der Waals surface area (Å²) >= 11 is 0. The maximum Gasteiger partial charge on any atom is 0.181 e. The Balaban J connectivity index is 1.74. The third-order valence-corrected chi connectivity index (χ3v) is 3.38. The first-order valence-corrected chi connectivity index (χ1v) is 6.24. The Hall–Kier alpha value is -1.64. The quantitative estimate of drug-likeness (QED) is 0.574. The van der Waals surface area contributed by atoms with Crippen LogP contribution in [-0.4, -0.2) is 18.0 Å². The van der Waals surface area contributed by atoms with Crippen molar-refractivity contribution >= 4 is 0 Å². The number of ether oxygens (including phenoxy) is 1. The molecule has 0 spiro atoms. The van der Waals surface area contributed by atoms with Crippen LogP contribution < -0.4 is 5.11 Å². The number of epoxide rings is 1. The third kappa shape index (κ3) is 2.09. The molecule has 0 amide bonds. The Morgan fingerprint density at radius 1 is 1.12 bits per heavy atom. The van der Waals surface area contributed by atoms with Crippen LogP contribution in [0.3, 0.4) is 0 Å². The second-order valence-electron chi connectivity index (χ2n) is 4.63. The number of benzene rings is 1. The summed E-state index contributed by atoms with van der Waals surface area (Å²) in [6.07, 6.45) is 3.39. The van der Waals surface area contributed by atoms with Crippen LogP contribution in [0.15, 0.2) is 42.0 Å². The second-order valence-corrected chi connectivity index (χ2v) is 4.63. The van der Waals surface area contributed by atoms with Crippen LogP contribution in [0.4, 0.5) is 0 Å². The number of likely N-dealkylation sites (tertiary alicyclic amines) is 1. The zero-order valence-electron chi connectivity index (χ0n) is 9.76. The van der Waals surface area contributed by atoms with Gasteiger partial charge in [0.15, 0.2) is 11.9 Å². The van der Waals surface area contributed by atoms with Crippen molar-refractivity contribution < 1.29 is 9.84 Å². The van der Waals surface area contributed by atoms with Gasteiger partial charge in [0.05, 0.1) is 0 Å². The van der Waals surface area contributed by atoms with Gasteiger partial charge in [0.2, 0.25) is 0 Å². The first-order valence-electron chi connectivity index (χ1n) is 6.24. The van der Waals surface area contributed by atoms with E-state index in [1.165, 1.54) is 6.42 Å². The molecule has 2 saturated heterocycles. The fourth-order valence-electron chi connectivity index (χ4n) is 2.36. The molecule has 2 heterocycles. The molecule has 1 atom stereocenters. The largest absolute Gasteiger partial charge is 0.858 e. The molecular weight excluding hydrogens is 214 g/mol. The predicted molar refractivity (Wildman–Crippen MR) is 62.7 cm³/mol. The summed E-state index contributed by atoms with van der Waals surface area (Å²) in [5, 5.41) is 12.1. The number of hydrogen-bond donors (Lipinski definition) is 0. The van der Waals surface area contributed by atoms with Gasteiger partial charge in [0.25, 0.3) is 0 Å². The van der Waals surface area contributed by atoms with E-state index in [1.807, 2.05) is 35.2 Å². The van der Waals surface area contributed by atoms with Gasteiger partial charge in [-0.25, -0.2) is 0 Å². The lowest BCUT2D eigenvalue weighted by Crippen LogP contribution is -2.34. The Morgan fingerprint density at radius 2 is 1.82 bits per heavy atom. The van der Waals surface area contributed by atoms with E-state index in [2.05, 4.69) is 0 Å². The van der Waals surface area contributed by atoms with Gasteiger partial charge in [0.1, 0.15) is 0 Å². The van der Waals surface area contributed by atoms with Gasteiger partial charge in [-0.3, -0.25) is 0 Å². The molecule has 90 valence electrons. The SMILES string of the molecule is [O-]/C(=C1/O[C@H]1c1ccccc1)N1CCCCC1. The van der Waals surface area contributed by atoms with Crippen LogP contribution in [0.25, 0.3) is 0 Å². The summed E-state index contributed by atoms with van der Waals surface area (Å²) in [7, 11) is 0. The molecule has 2 aliphatic rings. The zero-order chi connectivity index (χ0) is 11.7. The van der Waals surface area contributed by atoms with Crippen LogP contribution in [0.1, 0.15) is 30.9 Å². The standard InChI is InChI=1S/C14H17NO2/c16-14(15-9-5-2-6-10-15)13-12(17-13)11-7-3-1-4-8-11/h1,3-4,7-8,12,16H,2,5-6,9-10H2/p-1/b14-13+/t12-/m0/s1. The molecule has 0 saturated carbocycles. The number of piperidine rings is 1. The smallest absolute Gasteiger partial charge is 0.181 e. The molecule has 0 N–H and O–H groups in total. The highest BCUT2D eigenvalue weighted by atomic mass is 16.6. The van der Waals surface area contributed by atoms with Crippen LogP contribution in [0, 0.1) is 0 Å². The van der Waals surface area contributed by atoms with Gasteiger partial charge >= 0.3 is 0 Å². The summed E-state index contributed by atoms with van der Waals surface area (Å²) < 4.78 is 5.44. The highest BCUT2D eigenvalue weighted by molar-refractivity contribution is 5.31. The van der Waals surface area contributed by atoms with Gasteiger partial charge in [-0.1, -0.05) is 30.3 Å². The normalized spacial score (nSPS) is 26.4. The highest BCUT2D eigenvalue weighted by Crippen LogP contribution is 2.44. The molecule has 0 aliphatic carbocycles. The molecule has 3 nitrogen and oxygen atoms in total. The maximum atomic E-state index is 12.1. The molecule has 17 heavy (non-hydrogen) atoms. The van der Waals surface area contributed by atoms with Gasteiger partial charge in [-0.15, -0.1) is 0 Å². The first-order chi connectivity index (χ1) is 8.36. The Bertz CT molecular complexity index is 421. The predicted octanol–water partition coefficient (Wildman–Crippen LogP) is 1.77. The average Bonchev–Trinajstić information content (AvgIpc) is 3.20. The van der Waals surface area contributed by atoms with Crippen molar-refractivity contribution in [1.82, 2.24) is 4.90 Å². The molecule has 1 aromatic rings. The number of rotatable bonds is 2. The minimum Gasteiger partial charge on any atom is -0.858 e. The lowest BCUT2D eigenvalue weighted by Gasteiger charge is -2.33. The van der Waals surface area contributed by atoms with E-state index in [9.17, 15) is 5.11 Å². The molecule has 0 bridgehead atoms. The van der Waals surface area contributed by atoms with Crippen molar-refractivity contribution in [3.05, 3.63) is 47.5 Å². The molecular formula is C14H16NO2-. The monoisotopic (exact) mass is 230 g/mol. The van der Waals surface area contributed by atoms with Crippen molar-refractivity contribution in [1.29, 1.82) is 0 Å². The molecule has 0 aromatic heterocycles. The van der Waals surface area contributed by atoms with Crippen LogP contribution >= 0.6 is 0 Å². The molecule has 3 rings (SSSR count). The Morgan fingerprint density at radius 3 is 2.53 bits per heavy atom. The van der Waals surface area contributed by atoms with E-state index in [0.29, 0.717) is 5.76 Å². The minimum atomic E-state index is -0.0920. The van der Waals surface area contributed by atoms with Crippen molar-refractivity contribution in [3.63, 3.8) is 0 Å². The van der Waals surface area contributed by atoms with Crippen LogP contribution in [0.5, 0.6) is 0 Å². The van der Waals surface area contributed by atoms with E-state index in [0.717, 1.165) is 31.5 Å². The lowest BCUT2D eigenvalue weighted by atomic mass is 10.1. The lowest BCUT2D eigenvalue weighted by molar-refractivity contribution is -0.335. The second kappa shape index (κ2) is 4.32. The molecule has 2 aliphatic heterocycles. The fraction of sp³-hybridized carbons (Fsp3) is 0.429. The van der Waals surface area contributed by atoms with Crippen molar-refractivity contribution in [2.24, 2.45) is 0 Å². The molecule has 0 radical (unpaired) electrons. The highest BCUT2D eigenvalue weighted by Gasteiger charge is 2.36. The summed E-state index contributed by atoms with van der Waals surface area (Å²) in [5.74, 6) is 0.719. The number of nitrogens with zero attached hydrogens (tertiary/aromatic N) is 1. The van der Waals surface area contributed by atoms with E-state index in [1.54, 1.807) is 0 Å². The summed E-state index contributed by atoms with van der Waals surface area (Å²) in [5.41, 5.74) is 1.08. The molecule has 3 heteroatoms. The van der Waals surface area contributed by atoms with Gasteiger partial charge in [0, 0.05) is 24.5 Å². The molecule has 0 unspecified atom stereocenters. The van der Waals surface area contributed by atoms with Crippen LogP contribution in [0.2, 0.25) is 0 Å². The minimum absolute atomic E-state index is 0.0920. The van der Waals surface area contributed by atoms with E-state index in [4.69, 9.17) is 4.74 Å². The number of hydrogen-bond acceptors (Lipinski definition) is 3. The van der Waals surface area contributed by atoms with E-state index >= 15 is 0 Å². The molecule has 1 aromatic carbocycles. The van der Waals surface area contributed by atoms with E-state index in [-0.39, 0.29) is 12.0 Å². The maximum absolute atomic E-state index is 12.1. The van der Waals surface area contributed by atoms with Gasteiger partial charge in [-0.2, -0.15) is 0 Å². The van der Waals surface area contributed by atoms with Crippen molar-refractivity contribution in [2.75, 3.05) is 13.1 Å². The van der Waals surface area contributed by atoms with Crippen LogP contribution in [-0.2, 0) is 4.74 Å². The summed E-state index contributed by atoms with van der Waals surface area (Å²) in [6.45, 7) is 1.76. The zero-order valence-corrected chi connectivity index (χ0v) is 9.76. The first kappa shape index (κ1) is 10.5. The summed E-state index contributed by atoms with van der Waals surface area (Å²) in [4.78, 5) is 1.92. The summed E-state index contributed by atoms with van der Waals surface area (Å²) in [6, 6.07) is 9.92. The fourth-order valence-corrected chi connectivity index (χ4v) is 2.36.